The van der Waals surface area contributed by atoms with Crippen molar-refractivity contribution >= 4 is 5.95 Å². The van der Waals surface area contributed by atoms with E-state index in [9.17, 15) is 4.39 Å². The number of rotatable bonds is 4. The molecule has 1 aromatic heterocycles. The zero-order valence-corrected chi connectivity index (χ0v) is 9.23. The Morgan fingerprint density at radius 1 is 1.06 bits per heavy atom. The Bertz CT molecular complexity index is 467. The molecule has 1 aromatic carbocycles. The van der Waals surface area contributed by atoms with Crippen molar-refractivity contribution in [1.82, 2.24) is 9.97 Å². The molecule has 0 fully saturated rings. The molecule has 88 valence electrons. The van der Waals surface area contributed by atoms with Crippen LogP contribution in [0.4, 0.5) is 10.3 Å². The first-order chi connectivity index (χ1) is 8.28. The van der Waals surface area contributed by atoms with Gasteiger partial charge in [0.1, 0.15) is 0 Å². The summed E-state index contributed by atoms with van der Waals surface area (Å²) in [5.41, 5.74) is 7.69. The van der Waals surface area contributed by atoms with Crippen molar-refractivity contribution in [2.24, 2.45) is 5.73 Å². The molecular weight excluding hydrogens is 219 g/mol. The third-order valence-corrected chi connectivity index (χ3v) is 2.33. The molecule has 2 rings (SSSR count). The van der Waals surface area contributed by atoms with E-state index >= 15 is 0 Å². The number of nitrogens with one attached hydrogen (secondary N) is 1. The maximum atomic E-state index is 12.6. The summed E-state index contributed by atoms with van der Waals surface area (Å²) >= 11 is 0. The number of hydrogen-bond acceptors (Lipinski definition) is 4. The van der Waals surface area contributed by atoms with Crippen molar-refractivity contribution < 1.29 is 4.39 Å². The lowest BCUT2D eigenvalue weighted by Gasteiger charge is -2.05. The van der Waals surface area contributed by atoms with Crippen molar-refractivity contribution in [3.63, 3.8) is 0 Å². The number of anilines is 1. The lowest BCUT2D eigenvalue weighted by Crippen LogP contribution is -2.04. The predicted molar refractivity (Wildman–Crippen MR) is 63.7 cm³/mol. The molecule has 0 aliphatic carbocycles. The van der Waals surface area contributed by atoms with Gasteiger partial charge in [-0.2, -0.15) is 0 Å². The van der Waals surface area contributed by atoms with Crippen LogP contribution < -0.4 is 11.1 Å². The van der Waals surface area contributed by atoms with Crippen LogP contribution >= 0.6 is 0 Å². The van der Waals surface area contributed by atoms with Crippen LogP contribution in [0.1, 0.15) is 11.1 Å². The van der Waals surface area contributed by atoms with Gasteiger partial charge in [0.25, 0.3) is 0 Å². The number of hydrogen-bond donors (Lipinski definition) is 2. The Hall–Kier alpha value is -2.01. The summed E-state index contributed by atoms with van der Waals surface area (Å²) < 4.78 is 12.6. The fraction of sp³-hybridized carbons (Fsp3) is 0.167. The number of nitrogens with zero attached hydrogens (tertiary/aromatic N) is 2. The molecule has 0 saturated heterocycles. The van der Waals surface area contributed by atoms with Gasteiger partial charge in [0, 0.05) is 13.1 Å². The first-order valence-electron chi connectivity index (χ1n) is 5.27. The van der Waals surface area contributed by atoms with E-state index in [-0.39, 0.29) is 0 Å². The Balaban J connectivity index is 1.95. The second-order valence-corrected chi connectivity index (χ2v) is 3.60. The summed E-state index contributed by atoms with van der Waals surface area (Å²) in [6.07, 6.45) is 2.26. The second kappa shape index (κ2) is 5.36. The topological polar surface area (TPSA) is 63.8 Å². The van der Waals surface area contributed by atoms with Crippen LogP contribution in [0.15, 0.2) is 36.7 Å². The van der Waals surface area contributed by atoms with Crippen LogP contribution in [0.2, 0.25) is 0 Å². The van der Waals surface area contributed by atoms with E-state index in [1.165, 1.54) is 0 Å². The average Bonchev–Trinajstić information content (AvgIpc) is 2.39. The lowest BCUT2D eigenvalue weighted by molar-refractivity contribution is 0.614. The maximum Gasteiger partial charge on any atom is 0.223 e. The second-order valence-electron chi connectivity index (χ2n) is 3.60. The van der Waals surface area contributed by atoms with E-state index in [1.54, 1.807) is 0 Å². The Morgan fingerprint density at radius 2 is 1.65 bits per heavy atom. The van der Waals surface area contributed by atoms with E-state index in [0.29, 0.717) is 19.0 Å². The molecule has 0 spiro atoms. The molecule has 3 N–H and O–H groups in total. The van der Waals surface area contributed by atoms with Crippen molar-refractivity contribution in [2.75, 3.05) is 5.32 Å². The minimum Gasteiger partial charge on any atom is -0.350 e. The highest BCUT2D eigenvalue weighted by Crippen LogP contribution is 2.06. The number of halogens is 1. The number of benzene rings is 1. The average molecular weight is 232 g/mol. The zero-order chi connectivity index (χ0) is 12.1. The predicted octanol–water partition coefficient (Wildman–Crippen LogP) is 1.69. The molecule has 0 atom stereocenters. The van der Waals surface area contributed by atoms with E-state index in [4.69, 9.17) is 5.73 Å². The molecule has 2 aromatic rings. The summed E-state index contributed by atoms with van der Waals surface area (Å²) in [6, 6.07) is 7.92. The summed E-state index contributed by atoms with van der Waals surface area (Å²) in [5, 5.41) is 3.01. The van der Waals surface area contributed by atoms with Crippen LogP contribution in [0.3, 0.4) is 0 Å². The highest BCUT2D eigenvalue weighted by Gasteiger charge is 1.97. The molecule has 1 heterocycles. The highest BCUT2D eigenvalue weighted by molar-refractivity contribution is 5.28. The van der Waals surface area contributed by atoms with Gasteiger partial charge in [0.15, 0.2) is 5.82 Å². The van der Waals surface area contributed by atoms with Gasteiger partial charge < -0.3 is 11.1 Å². The molecule has 4 nitrogen and oxygen atoms in total. The first kappa shape index (κ1) is 11.5. The lowest BCUT2D eigenvalue weighted by atomic mass is 10.1. The minimum absolute atomic E-state index is 0.411. The summed E-state index contributed by atoms with van der Waals surface area (Å²) in [4.78, 5) is 7.62. The van der Waals surface area contributed by atoms with Gasteiger partial charge in [0.05, 0.1) is 12.4 Å². The van der Waals surface area contributed by atoms with Gasteiger partial charge in [-0.25, -0.2) is 14.4 Å². The van der Waals surface area contributed by atoms with Gasteiger partial charge in [-0.1, -0.05) is 24.3 Å². The van der Waals surface area contributed by atoms with Gasteiger partial charge in [-0.15, -0.1) is 0 Å². The highest BCUT2D eigenvalue weighted by atomic mass is 19.1. The molecule has 0 aliphatic heterocycles. The Morgan fingerprint density at radius 3 is 2.24 bits per heavy atom. The zero-order valence-electron chi connectivity index (χ0n) is 9.23. The van der Waals surface area contributed by atoms with Gasteiger partial charge >= 0.3 is 0 Å². The van der Waals surface area contributed by atoms with Crippen molar-refractivity contribution in [3.8, 4) is 0 Å². The molecular formula is C12H13FN4. The molecule has 0 bridgehead atoms. The molecule has 0 saturated carbocycles. The van der Waals surface area contributed by atoms with E-state index < -0.39 is 5.82 Å². The monoisotopic (exact) mass is 232 g/mol. The Kier molecular flexibility index (Phi) is 3.62. The third-order valence-electron chi connectivity index (χ3n) is 2.33. The molecule has 17 heavy (non-hydrogen) atoms. The van der Waals surface area contributed by atoms with Crippen LogP contribution in [-0.4, -0.2) is 9.97 Å². The van der Waals surface area contributed by atoms with E-state index in [1.807, 2.05) is 24.3 Å². The fourth-order valence-corrected chi connectivity index (χ4v) is 1.38. The molecule has 0 amide bonds. The van der Waals surface area contributed by atoms with Crippen LogP contribution in [0.25, 0.3) is 0 Å². The molecule has 5 heteroatoms. The number of aromatic nitrogens is 2. The number of nitrogens with two attached hydrogens (primary N) is 1. The third kappa shape index (κ3) is 3.22. The summed E-state index contributed by atoms with van der Waals surface area (Å²) in [5.74, 6) is -0.0304. The minimum atomic E-state index is -0.442. The van der Waals surface area contributed by atoms with Crippen molar-refractivity contribution in [2.45, 2.75) is 13.1 Å². The fourth-order valence-electron chi connectivity index (χ4n) is 1.38. The molecule has 0 aliphatic rings. The largest absolute Gasteiger partial charge is 0.350 e. The van der Waals surface area contributed by atoms with Gasteiger partial charge in [0.2, 0.25) is 5.95 Å². The smallest absolute Gasteiger partial charge is 0.223 e. The van der Waals surface area contributed by atoms with Gasteiger partial charge in [-0.3, -0.25) is 0 Å². The first-order valence-corrected chi connectivity index (χ1v) is 5.27. The van der Waals surface area contributed by atoms with E-state index in [2.05, 4.69) is 15.3 Å². The summed E-state index contributed by atoms with van der Waals surface area (Å²) in [6.45, 7) is 1.13. The standard InChI is InChI=1S/C12H13FN4/c13-11-7-16-12(17-8-11)15-6-10-3-1-9(5-14)2-4-10/h1-4,7-8H,5-6,14H2,(H,15,16,17). The quantitative estimate of drug-likeness (QED) is 0.842. The molecule has 0 radical (unpaired) electrons. The van der Waals surface area contributed by atoms with Crippen molar-refractivity contribution in [1.29, 1.82) is 0 Å². The summed E-state index contributed by atoms with van der Waals surface area (Å²) in [7, 11) is 0. The maximum absolute atomic E-state index is 12.6. The van der Waals surface area contributed by atoms with Crippen LogP contribution in [-0.2, 0) is 13.1 Å². The molecule has 0 unspecified atom stereocenters. The van der Waals surface area contributed by atoms with Crippen molar-refractivity contribution in [3.05, 3.63) is 53.6 Å². The normalized spacial score (nSPS) is 10.2. The van der Waals surface area contributed by atoms with Gasteiger partial charge in [-0.05, 0) is 11.1 Å². The van der Waals surface area contributed by atoms with Crippen LogP contribution in [0, 0.1) is 5.82 Å². The SMILES string of the molecule is NCc1ccc(CNc2ncc(F)cn2)cc1. The van der Waals surface area contributed by atoms with E-state index in [0.717, 1.165) is 23.5 Å². The Labute approximate surface area is 98.7 Å². The van der Waals surface area contributed by atoms with Crippen LogP contribution in [0.5, 0.6) is 0 Å².